The molecular formula is C12H18N4OS2. The average molecular weight is 298 g/mol. The highest BCUT2D eigenvalue weighted by molar-refractivity contribution is 7.29. The van der Waals surface area contributed by atoms with Crippen LogP contribution >= 0.6 is 22.7 Å². The van der Waals surface area contributed by atoms with Crippen LogP contribution in [0.2, 0.25) is 0 Å². The van der Waals surface area contributed by atoms with Crippen molar-refractivity contribution in [3.63, 3.8) is 0 Å². The largest absolute Gasteiger partial charge is 0.354 e. The van der Waals surface area contributed by atoms with Crippen molar-refractivity contribution < 1.29 is 4.79 Å². The number of likely N-dealkylation sites (N-methyl/N-ethyl adjacent to an activating group) is 1. The van der Waals surface area contributed by atoms with Crippen LogP contribution in [0.1, 0.15) is 16.6 Å². The number of hydrogen-bond acceptors (Lipinski definition) is 6. The molecule has 2 rings (SSSR count). The fourth-order valence-electron chi connectivity index (χ4n) is 1.55. The van der Waals surface area contributed by atoms with Crippen molar-refractivity contribution in [3.8, 4) is 0 Å². The van der Waals surface area contributed by atoms with E-state index in [-0.39, 0.29) is 11.9 Å². The molecule has 1 unspecified atom stereocenters. The van der Waals surface area contributed by atoms with Crippen LogP contribution < -0.4 is 10.6 Å². The van der Waals surface area contributed by atoms with Crippen molar-refractivity contribution in [1.29, 1.82) is 0 Å². The van der Waals surface area contributed by atoms with Gasteiger partial charge in [0.15, 0.2) is 5.13 Å². The molecule has 0 bridgehead atoms. The lowest BCUT2D eigenvalue weighted by molar-refractivity contribution is 0.0753. The summed E-state index contributed by atoms with van der Waals surface area (Å²) in [5, 5.41) is 0.962. The van der Waals surface area contributed by atoms with Gasteiger partial charge in [0, 0.05) is 33.7 Å². The number of thiazole rings is 1. The minimum absolute atomic E-state index is 0.0135. The van der Waals surface area contributed by atoms with Crippen molar-refractivity contribution in [3.05, 3.63) is 10.9 Å². The topological polar surface area (TPSA) is 62.5 Å². The fourth-order valence-corrected chi connectivity index (χ4v) is 3.67. The highest BCUT2D eigenvalue weighted by Crippen LogP contribution is 2.34. The van der Waals surface area contributed by atoms with E-state index in [4.69, 9.17) is 5.73 Å². The summed E-state index contributed by atoms with van der Waals surface area (Å²) in [5.74, 6) is 0.0135. The first-order chi connectivity index (χ1) is 8.93. The Morgan fingerprint density at radius 3 is 2.63 bits per heavy atom. The SMILES string of the molecule is CC(CN)N(C)C(=O)c1cc2sc(N(C)C)nc2s1. The van der Waals surface area contributed by atoms with E-state index >= 15 is 0 Å². The van der Waals surface area contributed by atoms with Crippen molar-refractivity contribution in [2.24, 2.45) is 5.73 Å². The number of nitrogens with two attached hydrogens (primary N) is 1. The summed E-state index contributed by atoms with van der Waals surface area (Å²) in [4.78, 5) is 22.1. The van der Waals surface area contributed by atoms with E-state index in [0.717, 1.165) is 19.5 Å². The Morgan fingerprint density at radius 1 is 1.42 bits per heavy atom. The van der Waals surface area contributed by atoms with E-state index in [2.05, 4.69) is 4.98 Å². The molecule has 7 heteroatoms. The average Bonchev–Trinajstić information content (AvgIpc) is 2.93. The van der Waals surface area contributed by atoms with Crippen molar-refractivity contribution in [2.75, 3.05) is 32.6 Å². The maximum absolute atomic E-state index is 12.3. The van der Waals surface area contributed by atoms with Crippen LogP contribution in [0.15, 0.2) is 6.07 Å². The molecule has 1 atom stereocenters. The van der Waals surface area contributed by atoms with Gasteiger partial charge in [-0.15, -0.1) is 11.3 Å². The zero-order valence-electron chi connectivity index (χ0n) is 11.5. The lowest BCUT2D eigenvalue weighted by atomic mass is 10.3. The molecule has 0 fully saturated rings. The third kappa shape index (κ3) is 2.72. The van der Waals surface area contributed by atoms with E-state index in [1.807, 2.05) is 32.0 Å². The molecule has 0 aliphatic rings. The van der Waals surface area contributed by atoms with Gasteiger partial charge in [0.05, 0.1) is 9.58 Å². The van der Waals surface area contributed by atoms with Crippen LogP contribution in [-0.2, 0) is 0 Å². The van der Waals surface area contributed by atoms with Gasteiger partial charge in [-0.3, -0.25) is 4.79 Å². The summed E-state index contributed by atoms with van der Waals surface area (Å²) in [5.41, 5.74) is 5.59. The van der Waals surface area contributed by atoms with Crippen molar-refractivity contribution in [1.82, 2.24) is 9.88 Å². The van der Waals surface area contributed by atoms with Crippen LogP contribution in [0.5, 0.6) is 0 Å². The summed E-state index contributed by atoms with van der Waals surface area (Å²) in [6.45, 7) is 2.40. The molecule has 2 aromatic heterocycles. The lowest BCUT2D eigenvalue weighted by Crippen LogP contribution is -2.39. The molecule has 104 valence electrons. The normalized spacial score (nSPS) is 12.7. The summed E-state index contributed by atoms with van der Waals surface area (Å²) >= 11 is 3.04. The van der Waals surface area contributed by atoms with Crippen LogP contribution in [0, 0.1) is 0 Å². The fraction of sp³-hybridized carbons (Fsp3) is 0.500. The molecule has 2 N–H and O–H groups in total. The quantitative estimate of drug-likeness (QED) is 0.935. The van der Waals surface area contributed by atoms with Gasteiger partial charge in [0.1, 0.15) is 4.83 Å². The lowest BCUT2D eigenvalue weighted by Gasteiger charge is -2.22. The van der Waals surface area contributed by atoms with E-state index in [1.54, 1.807) is 23.3 Å². The Balaban J connectivity index is 2.26. The number of hydrogen-bond donors (Lipinski definition) is 1. The van der Waals surface area contributed by atoms with Gasteiger partial charge in [0.25, 0.3) is 5.91 Å². The van der Waals surface area contributed by atoms with Gasteiger partial charge in [-0.2, -0.15) is 0 Å². The number of thiophene rings is 1. The first-order valence-electron chi connectivity index (χ1n) is 5.99. The Kier molecular flexibility index (Phi) is 4.07. The first-order valence-corrected chi connectivity index (χ1v) is 7.62. The van der Waals surface area contributed by atoms with Gasteiger partial charge in [-0.1, -0.05) is 11.3 Å². The van der Waals surface area contributed by atoms with E-state index < -0.39 is 0 Å². The van der Waals surface area contributed by atoms with Gasteiger partial charge in [-0.25, -0.2) is 4.98 Å². The van der Waals surface area contributed by atoms with Crippen LogP contribution in [0.25, 0.3) is 9.53 Å². The molecule has 0 spiro atoms. The number of anilines is 1. The van der Waals surface area contributed by atoms with Gasteiger partial charge in [-0.05, 0) is 13.0 Å². The summed E-state index contributed by atoms with van der Waals surface area (Å²) in [6, 6.07) is 1.96. The number of aromatic nitrogens is 1. The minimum atomic E-state index is 0.0135. The Bertz CT molecular complexity index is 558. The predicted molar refractivity (Wildman–Crippen MR) is 82.4 cm³/mol. The zero-order chi connectivity index (χ0) is 14.2. The highest BCUT2D eigenvalue weighted by Gasteiger charge is 2.20. The number of nitrogens with zero attached hydrogens (tertiary/aromatic N) is 3. The monoisotopic (exact) mass is 298 g/mol. The van der Waals surface area contributed by atoms with Crippen LogP contribution in [0.3, 0.4) is 0 Å². The number of fused-ring (bicyclic) bond motifs is 1. The number of rotatable bonds is 4. The first kappa shape index (κ1) is 14.2. The second-order valence-electron chi connectivity index (χ2n) is 4.67. The van der Waals surface area contributed by atoms with E-state index in [1.165, 1.54) is 11.3 Å². The van der Waals surface area contributed by atoms with Gasteiger partial charge >= 0.3 is 0 Å². The highest BCUT2D eigenvalue weighted by atomic mass is 32.1. The molecule has 0 radical (unpaired) electrons. The van der Waals surface area contributed by atoms with E-state index in [9.17, 15) is 4.79 Å². The second kappa shape index (κ2) is 5.44. The molecule has 1 amide bonds. The molecule has 0 saturated heterocycles. The third-order valence-corrected chi connectivity index (χ3v) is 5.31. The van der Waals surface area contributed by atoms with Crippen molar-refractivity contribution >= 4 is 43.2 Å². The summed E-state index contributed by atoms with van der Waals surface area (Å²) in [7, 11) is 5.71. The van der Waals surface area contributed by atoms with E-state index in [0.29, 0.717) is 6.54 Å². The van der Waals surface area contributed by atoms with Crippen LogP contribution in [-0.4, -0.2) is 49.5 Å². The molecule has 2 aromatic rings. The molecule has 0 saturated carbocycles. The Labute approximate surface area is 120 Å². The van der Waals surface area contributed by atoms with Gasteiger partial charge in [0.2, 0.25) is 0 Å². The molecule has 0 aromatic carbocycles. The number of amides is 1. The number of carbonyl (C=O) groups is 1. The molecule has 5 nitrogen and oxygen atoms in total. The summed E-state index contributed by atoms with van der Waals surface area (Å²) in [6.07, 6.45) is 0. The molecule has 0 aliphatic heterocycles. The minimum Gasteiger partial charge on any atom is -0.354 e. The van der Waals surface area contributed by atoms with Crippen LogP contribution in [0.4, 0.5) is 5.13 Å². The van der Waals surface area contributed by atoms with Crippen molar-refractivity contribution in [2.45, 2.75) is 13.0 Å². The van der Waals surface area contributed by atoms with Gasteiger partial charge < -0.3 is 15.5 Å². The third-order valence-electron chi connectivity index (χ3n) is 2.99. The zero-order valence-corrected chi connectivity index (χ0v) is 13.1. The molecule has 0 aliphatic carbocycles. The Hall–Kier alpha value is -1.18. The Morgan fingerprint density at radius 2 is 2.11 bits per heavy atom. The predicted octanol–water partition coefficient (Wildman–Crippen LogP) is 1.84. The molecule has 19 heavy (non-hydrogen) atoms. The second-order valence-corrected chi connectivity index (χ2v) is 6.71. The maximum atomic E-state index is 12.3. The molecular weight excluding hydrogens is 280 g/mol. The molecule has 2 heterocycles. The maximum Gasteiger partial charge on any atom is 0.264 e. The smallest absolute Gasteiger partial charge is 0.264 e. The summed E-state index contributed by atoms with van der Waals surface area (Å²) < 4.78 is 1.06. The standard InChI is InChI=1S/C12H18N4OS2/c1-7(6-13)16(4)11(17)9-5-8-10(18-9)14-12(19-8)15(2)3/h5,7H,6,13H2,1-4H3. The number of carbonyl (C=O) groups excluding carboxylic acids is 1.